The minimum atomic E-state index is -0.812. The molecule has 202 valence electrons. The number of benzene rings is 3. The third kappa shape index (κ3) is 5.19. The number of hydrogen-bond donors (Lipinski definition) is 1. The highest BCUT2D eigenvalue weighted by atomic mass is 16.5. The third-order valence-electron chi connectivity index (χ3n) is 7.90. The second-order valence-electron chi connectivity index (χ2n) is 10.3. The lowest BCUT2D eigenvalue weighted by atomic mass is 9.85. The van der Waals surface area contributed by atoms with Gasteiger partial charge in [0, 0.05) is 30.0 Å². The van der Waals surface area contributed by atoms with Crippen LogP contribution in [0.2, 0.25) is 0 Å². The van der Waals surface area contributed by atoms with Gasteiger partial charge in [0.2, 0.25) is 5.91 Å². The molecular weight excluding hydrogens is 492 g/mol. The van der Waals surface area contributed by atoms with Crippen molar-refractivity contribution in [2.75, 3.05) is 43.6 Å². The van der Waals surface area contributed by atoms with Crippen molar-refractivity contribution in [1.29, 1.82) is 0 Å². The van der Waals surface area contributed by atoms with Crippen molar-refractivity contribution in [2.45, 2.75) is 32.2 Å². The van der Waals surface area contributed by atoms with E-state index in [4.69, 9.17) is 4.74 Å². The van der Waals surface area contributed by atoms with E-state index in [1.165, 1.54) is 0 Å². The van der Waals surface area contributed by atoms with Crippen LogP contribution in [0.1, 0.15) is 34.3 Å². The molecule has 0 aromatic heterocycles. The molecule has 0 radical (unpaired) electrons. The molecule has 0 bridgehead atoms. The summed E-state index contributed by atoms with van der Waals surface area (Å²) < 4.78 is 5.28. The number of para-hydroxylation sites is 1. The van der Waals surface area contributed by atoms with Crippen molar-refractivity contribution >= 4 is 29.1 Å². The summed E-state index contributed by atoms with van der Waals surface area (Å²) in [5, 5.41) is 2.94. The summed E-state index contributed by atoms with van der Waals surface area (Å²) in [5.74, 6) is 0.243. The number of likely N-dealkylation sites (tertiary alicyclic amines) is 1. The lowest BCUT2D eigenvalue weighted by Crippen LogP contribution is -2.57. The topological polar surface area (TPSA) is 82.2 Å². The van der Waals surface area contributed by atoms with E-state index in [0.717, 1.165) is 16.8 Å². The number of piperidine rings is 1. The van der Waals surface area contributed by atoms with Crippen molar-refractivity contribution in [1.82, 2.24) is 9.80 Å². The predicted octanol–water partition coefficient (Wildman–Crippen LogP) is 4.23. The summed E-state index contributed by atoms with van der Waals surface area (Å²) in [6.07, 6.45) is 0.956. The molecule has 39 heavy (non-hydrogen) atoms. The summed E-state index contributed by atoms with van der Waals surface area (Å²) in [6, 6.07) is 22.7. The fraction of sp³-hybridized carbons (Fsp3) is 0.323. The summed E-state index contributed by atoms with van der Waals surface area (Å²) in [6.45, 7) is 5.18. The number of amides is 3. The van der Waals surface area contributed by atoms with E-state index in [1.807, 2.05) is 68.4 Å². The molecule has 2 heterocycles. The molecule has 8 heteroatoms. The molecule has 0 unspecified atom stereocenters. The zero-order chi connectivity index (χ0) is 27.6. The molecule has 1 spiro atoms. The average Bonchev–Trinajstić information content (AvgIpc) is 3.21. The highest BCUT2D eigenvalue weighted by Crippen LogP contribution is 2.39. The molecule has 0 atom stereocenters. The number of aryl methyl sites for hydroxylation is 2. The van der Waals surface area contributed by atoms with Gasteiger partial charge in [-0.2, -0.15) is 0 Å². The van der Waals surface area contributed by atoms with Gasteiger partial charge in [-0.3, -0.25) is 14.4 Å². The Balaban J connectivity index is 1.33. The van der Waals surface area contributed by atoms with Crippen LogP contribution >= 0.6 is 0 Å². The Morgan fingerprint density at radius 1 is 0.923 bits per heavy atom. The van der Waals surface area contributed by atoms with E-state index in [9.17, 15) is 14.4 Å². The SMILES string of the molecule is COc1cccc(C(=O)N2CCC3(CC2)C(=O)N(CC(=O)Nc2ccc(C)c(C)c2)CN3c2ccccc2)c1. The largest absolute Gasteiger partial charge is 0.497 e. The number of rotatable bonds is 6. The molecule has 2 aliphatic rings. The average molecular weight is 527 g/mol. The van der Waals surface area contributed by atoms with Crippen LogP contribution in [-0.2, 0) is 9.59 Å². The van der Waals surface area contributed by atoms with Crippen molar-refractivity contribution in [3.05, 3.63) is 89.5 Å². The van der Waals surface area contributed by atoms with Crippen LogP contribution in [0.25, 0.3) is 0 Å². The number of carbonyl (C=O) groups excluding carboxylic acids is 3. The molecule has 3 aromatic carbocycles. The van der Waals surface area contributed by atoms with E-state index >= 15 is 0 Å². The van der Waals surface area contributed by atoms with Gasteiger partial charge in [-0.15, -0.1) is 0 Å². The third-order valence-corrected chi connectivity index (χ3v) is 7.90. The molecule has 2 saturated heterocycles. The Morgan fingerprint density at radius 2 is 1.67 bits per heavy atom. The molecule has 0 aliphatic carbocycles. The fourth-order valence-corrected chi connectivity index (χ4v) is 5.53. The van der Waals surface area contributed by atoms with Crippen LogP contribution < -0.4 is 15.0 Å². The van der Waals surface area contributed by atoms with Crippen LogP contribution in [-0.4, -0.2) is 66.5 Å². The number of anilines is 2. The molecule has 5 rings (SSSR count). The maximum absolute atomic E-state index is 14.0. The first-order chi connectivity index (χ1) is 18.8. The number of ether oxygens (including phenoxy) is 1. The maximum Gasteiger partial charge on any atom is 0.253 e. The van der Waals surface area contributed by atoms with E-state index in [0.29, 0.717) is 49.6 Å². The number of carbonyl (C=O) groups is 3. The molecule has 0 saturated carbocycles. The molecule has 3 amide bonds. The van der Waals surface area contributed by atoms with Crippen LogP contribution in [0.3, 0.4) is 0 Å². The second kappa shape index (κ2) is 10.8. The Kier molecular flexibility index (Phi) is 7.28. The van der Waals surface area contributed by atoms with Gasteiger partial charge in [-0.05, 0) is 80.3 Å². The monoisotopic (exact) mass is 526 g/mol. The van der Waals surface area contributed by atoms with Gasteiger partial charge in [0.05, 0.1) is 13.8 Å². The first-order valence-electron chi connectivity index (χ1n) is 13.2. The van der Waals surface area contributed by atoms with E-state index in [2.05, 4.69) is 10.2 Å². The van der Waals surface area contributed by atoms with E-state index in [1.54, 1.807) is 35.1 Å². The van der Waals surface area contributed by atoms with E-state index in [-0.39, 0.29) is 24.3 Å². The minimum absolute atomic E-state index is 0.0384. The van der Waals surface area contributed by atoms with E-state index < -0.39 is 5.54 Å². The molecule has 2 fully saturated rings. The van der Waals surface area contributed by atoms with Gasteiger partial charge in [-0.25, -0.2) is 0 Å². The summed E-state index contributed by atoms with van der Waals surface area (Å²) >= 11 is 0. The van der Waals surface area contributed by atoms with Crippen LogP contribution in [0.5, 0.6) is 5.75 Å². The van der Waals surface area contributed by atoms with Crippen LogP contribution in [0.4, 0.5) is 11.4 Å². The number of methoxy groups -OCH3 is 1. The molecular formula is C31H34N4O4. The molecule has 2 aliphatic heterocycles. The Bertz CT molecular complexity index is 1380. The zero-order valence-electron chi connectivity index (χ0n) is 22.6. The summed E-state index contributed by atoms with van der Waals surface area (Å²) in [4.78, 5) is 45.7. The van der Waals surface area contributed by atoms with Crippen molar-refractivity contribution in [3.8, 4) is 5.75 Å². The van der Waals surface area contributed by atoms with Crippen LogP contribution in [0.15, 0.2) is 72.8 Å². The predicted molar refractivity (Wildman–Crippen MR) is 151 cm³/mol. The van der Waals surface area contributed by atoms with Crippen molar-refractivity contribution in [2.24, 2.45) is 0 Å². The van der Waals surface area contributed by atoms with Crippen molar-refractivity contribution < 1.29 is 19.1 Å². The zero-order valence-corrected chi connectivity index (χ0v) is 22.6. The van der Waals surface area contributed by atoms with Gasteiger partial charge in [-0.1, -0.05) is 30.3 Å². The first-order valence-corrected chi connectivity index (χ1v) is 13.2. The summed E-state index contributed by atoms with van der Waals surface area (Å²) in [5.41, 5.74) is 3.64. The van der Waals surface area contributed by atoms with Gasteiger partial charge in [0.25, 0.3) is 11.8 Å². The fourth-order valence-electron chi connectivity index (χ4n) is 5.53. The standard InChI is InChI=1S/C31H34N4O4/c1-22-12-13-25(18-23(22)2)32-28(36)20-34-21-35(26-9-5-4-6-10-26)31(30(34)38)14-16-33(17-15-31)29(37)24-8-7-11-27(19-24)39-3/h4-13,18-19H,14-17,20-21H2,1-3H3,(H,32,36). The number of hydrogen-bond acceptors (Lipinski definition) is 5. The Morgan fingerprint density at radius 3 is 2.36 bits per heavy atom. The number of nitrogens with zero attached hydrogens (tertiary/aromatic N) is 3. The first kappa shape index (κ1) is 26.3. The smallest absolute Gasteiger partial charge is 0.253 e. The Hall–Kier alpha value is -4.33. The lowest BCUT2D eigenvalue weighted by molar-refractivity contribution is -0.136. The van der Waals surface area contributed by atoms with Crippen LogP contribution in [0, 0.1) is 13.8 Å². The van der Waals surface area contributed by atoms with Gasteiger partial charge in [0.15, 0.2) is 0 Å². The normalized spacial score (nSPS) is 16.5. The molecule has 8 nitrogen and oxygen atoms in total. The highest BCUT2D eigenvalue weighted by Gasteiger charge is 2.54. The molecule has 3 aromatic rings. The van der Waals surface area contributed by atoms with Crippen molar-refractivity contribution in [3.63, 3.8) is 0 Å². The second-order valence-corrected chi connectivity index (χ2v) is 10.3. The molecule has 1 N–H and O–H groups in total. The number of nitrogens with one attached hydrogen (secondary N) is 1. The maximum atomic E-state index is 14.0. The minimum Gasteiger partial charge on any atom is -0.497 e. The van der Waals surface area contributed by atoms with Gasteiger partial charge < -0.3 is 24.8 Å². The quantitative estimate of drug-likeness (QED) is 0.520. The highest BCUT2D eigenvalue weighted by molar-refractivity contribution is 6.00. The Labute approximate surface area is 229 Å². The summed E-state index contributed by atoms with van der Waals surface area (Å²) in [7, 11) is 1.58. The van der Waals surface area contributed by atoms with Gasteiger partial charge in [0.1, 0.15) is 17.8 Å². The lowest BCUT2D eigenvalue weighted by Gasteiger charge is -2.43. The van der Waals surface area contributed by atoms with Gasteiger partial charge >= 0.3 is 0 Å².